The molecule has 10 heteroatoms. The van der Waals surface area contributed by atoms with E-state index in [1.807, 2.05) is 24.4 Å². The van der Waals surface area contributed by atoms with Gasteiger partial charge in [-0.2, -0.15) is 4.98 Å². The predicted molar refractivity (Wildman–Crippen MR) is 120 cm³/mol. The highest BCUT2D eigenvalue weighted by Gasteiger charge is 2.52. The quantitative estimate of drug-likeness (QED) is 0.420. The molecule has 0 saturated heterocycles. The molecule has 0 spiro atoms. The van der Waals surface area contributed by atoms with Gasteiger partial charge < -0.3 is 14.0 Å². The molecule has 5 heterocycles. The van der Waals surface area contributed by atoms with Crippen LogP contribution in [0.2, 0.25) is 0 Å². The summed E-state index contributed by atoms with van der Waals surface area (Å²) in [4.78, 5) is 32.4. The first-order chi connectivity index (χ1) is 16.2. The normalized spacial score (nSPS) is 19.3. The summed E-state index contributed by atoms with van der Waals surface area (Å²) >= 11 is 0. The molecule has 1 aromatic carbocycles. The number of hydrogen-bond acceptors (Lipinski definition) is 8. The van der Waals surface area contributed by atoms with Crippen LogP contribution in [0.4, 0.5) is 5.69 Å². The molecule has 2 atom stereocenters. The Morgan fingerprint density at radius 1 is 1.15 bits per heavy atom. The van der Waals surface area contributed by atoms with Gasteiger partial charge in [-0.15, -0.1) is 0 Å². The molecule has 0 radical (unpaired) electrons. The smallest absolute Gasteiger partial charge is 0.280 e. The molecule has 7 rings (SSSR count). The summed E-state index contributed by atoms with van der Waals surface area (Å²) in [5.41, 5.74) is 4.05. The molecule has 162 valence electrons. The van der Waals surface area contributed by atoms with Crippen LogP contribution in [0, 0.1) is 5.92 Å². The summed E-state index contributed by atoms with van der Waals surface area (Å²) in [6, 6.07) is 10.3. The molecule has 1 aliphatic heterocycles. The van der Waals surface area contributed by atoms with Crippen molar-refractivity contribution in [2.24, 2.45) is 13.0 Å². The zero-order valence-corrected chi connectivity index (χ0v) is 17.7. The van der Waals surface area contributed by atoms with E-state index in [9.17, 15) is 4.79 Å². The van der Waals surface area contributed by atoms with Gasteiger partial charge in [0.15, 0.2) is 17.0 Å². The first-order valence-corrected chi connectivity index (χ1v) is 10.7. The number of nitrogens with zero attached hydrogens (tertiary/aromatic N) is 8. The number of anilines is 1. The Morgan fingerprint density at radius 3 is 2.91 bits per heavy atom. The molecule has 4 aromatic heterocycles. The lowest BCUT2D eigenvalue weighted by Gasteiger charge is -2.18. The number of pyridine rings is 1. The minimum atomic E-state index is -0.189. The van der Waals surface area contributed by atoms with Crippen LogP contribution >= 0.6 is 0 Å². The lowest BCUT2D eigenvalue weighted by Crippen LogP contribution is -2.22. The standard InChI is InChI=1S/C23H18N8O2/c1-29-11-25-22-20(29)23(32)31(12-26-22)10-18-27-21(28-33-18)19-15-8-30(9-16(15)19)14-6-13-4-2-3-5-17(13)24-7-14/h2-8,11-12,16,19H,9-10H2,1H3/t16-,19-/m1/s1. The molecule has 1 fully saturated rings. The van der Waals surface area contributed by atoms with Gasteiger partial charge in [0.05, 0.1) is 29.6 Å². The van der Waals surface area contributed by atoms with E-state index < -0.39 is 0 Å². The first-order valence-electron chi connectivity index (χ1n) is 10.7. The van der Waals surface area contributed by atoms with Crippen LogP contribution < -0.4 is 10.5 Å². The van der Waals surface area contributed by atoms with E-state index in [0.29, 0.717) is 28.8 Å². The zero-order valence-electron chi connectivity index (χ0n) is 17.7. The zero-order chi connectivity index (χ0) is 22.1. The Balaban J connectivity index is 1.11. The van der Waals surface area contributed by atoms with Gasteiger partial charge in [-0.05, 0) is 17.7 Å². The molecule has 5 aromatic rings. The number of para-hydroxylation sites is 1. The van der Waals surface area contributed by atoms with Crippen molar-refractivity contribution in [2.45, 2.75) is 12.5 Å². The topological polar surface area (TPSA) is 108 Å². The van der Waals surface area contributed by atoms with Crippen molar-refractivity contribution in [3.63, 3.8) is 0 Å². The van der Waals surface area contributed by atoms with E-state index in [-0.39, 0.29) is 18.0 Å². The average molecular weight is 438 g/mol. The summed E-state index contributed by atoms with van der Waals surface area (Å²) < 4.78 is 8.57. The number of fused-ring (bicyclic) bond motifs is 3. The lowest BCUT2D eigenvalue weighted by molar-refractivity contribution is 0.364. The number of rotatable bonds is 4. The Labute approximate surface area is 186 Å². The fourth-order valence-electron chi connectivity index (χ4n) is 4.68. The predicted octanol–water partition coefficient (Wildman–Crippen LogP) is 2.23. The molecule has 0 unspecified atom stereocenters. The monoisotopic (exact) mass is 438 g/mol. The van der Waals surface area contributed by atoms with Crippen molar-refractivity contribution in [3.05, 3.63) is 83.0 Å². The second-order valence-electron chi connectivity index (χ2n) is 8.50. The van der Waals surface area contributed by atoms with Crippen molar-refractivity contribution in [1.29, 1.82) is 0 Å². The average Bonchev–Trinajstić information content (AvgIpc) is 3.24. The maximum atomic E-state index is 12.7. The van der Waals surface area contributed by atoms with E-state index >= 15 is 0 Å². The third-order valence-electron chi connectivity index (χ3n) is 6.45. The molecule has 0 bridgehead atoms. The minimum Gasteiger partial charge on any atom is -0.346 e. The van der Waals surface area contributed by atoms with Crippen molar-refractivity contribution in [1.82, 2.24) is 34.2 Å². The highest BCUT2D eigenvalue weighted by molar-refractivity contribution is 5.82. The van der Waals surface area contributed by atoms with E-state index in [2.05, 4.69) is 48.3 Å². The molecule has 1 saturated carbocycles. The number of aryl methyl sites for hydroxylation is 1. The van der Waals surface area contributed by atoms with Crippen molar-refractivity contribution in [2.75, 3.05) is 11.4 Å². The second kappa shape index (κ2) is 6.58. The summed E-state index contributed by atoms with van der Waals surface area (Å²) in [5.74, 6) is 1.59. The number of aromatic nitrogens is 7. The second-order valence-corrected chi connectivity index (χ2v) is 8.50. The maximum absolute atomic E-state index is 12.7. The Hall–Kier alpha value is -4.34. The highest BCUT2D eigenvalue weighted by atomic mass is 16.5. The van der Waals surface area contributed by atoms with Gasteiger partial charge in [-0.25, -0.2) is 9.97 Å². The van der Waals surface area contributed by atoms with Gasteiger partial charge in [0.25, 0.3) is 5.56 Å². The van der Waals surface area contributed by atoms with Crippen LogP contribution in [-0.4, -0.2) is 40.8 Å². The van der Waals surface area contributed by atoms with Crippen LogP contribution in [0.25, 0.3) is 22.1 Å². The summed E-state index contributed by atoms with van der Waals surface area (Å²) in [7, 11) is 1.77. The molecule has 0 N–H and O–H groups in total. The fourth-order valence-corrected chi connectivity index (χ4v) is 4.68. The van der Waals surface area contributed by atoms with Crippen molar-refractivity contribution < 1.29 is 4.52 Å². The van der Waals surface area contributed by atoms with E-state index in [4.69, 9.17) is 4.52 Å². The third-order valence-corrected chi connectivity index (χ3v) is 6.45. The fraction of sp³-hybridized carbons (Fsp3) is 0.217. The van der Waals surface area contributed by atoms with Crippen molar-refractivity contribution >= 4 is 27.8 Å². The Bertz CT molecular complexity index is 1650. The molecule has 0 amide bonds. The van der Waals surface area contributed by atoms with E-state index in [0.717, 1.165) is 23.1 Å². The van der Waals surface area contributed by atoms with Crippen LogP contribution in [0.1, 0.15) is 17.6 Å². The maximum Gasteiger partial charge on any atom is 0.280 e. The van der Waals surface area contributed by atoms with Crippen LogP contribution in [0.15, 0.2) is 70.3 Å². The van der Waals surface area contributed by atoms with Gasteiger partial charge in [0.1, 0.15) is 12.9 Å². The Kier molecular flexibility index (Phi) is 3.64. The molecular weight excluding hydrogens is 420 g/mol. The molecule has 33 heavy (non-hydrogen) atoms. The lowest BCUT2D eigenvalue weighted by atomic mass is 10.2. The minimum absolute atomic E-state index is 0.168. The van der Waals surface area contributed by atoms with Gasteiger partial charge in [0, 0.05) is 31.1 Å². The summed E-state index contributed by atoms with van der Waals surface area (Å²) in [6.07, 6.45) is 7.12. The third kappa shape index (κ3) is 2.80. The number of hydrogen-bond donors (Lipinski definition) is 0. The van der Waals surface area contributed by atoms with E-state index in [1.165, 1.54) is 16.5 Å². The van der Waals surface area contributed by atoms with Gasteiger partial charge in [0.2, 0.25) is 5.89 Å². The number of imidazole rings is 1. The summed E-state index contributed by atoms with van der Waals surface area (Å²) in [6.45, 7) is 1.04. The molecular formula is C23H18N8O2. The van der Waals surface area contributed by atoms with E-state index in [1.54, 1.807) is 17.9 Å². The molecule has 1 aliphatic carbocycles. The summed E-state index contributed by atoms with van der Waals surface area (Å²) in [5, 5.41) is 5.31. The number of benzene rings is 1. The SMILES string of the molecule is Cn1cnc2ncn(Cc3nc([C@@H]4C5=CN(c6cnc7ccccc7c6)C[C@H]54)no3)c(=O)c21. The van der Waals surface area contributed by atoms with Crippen LogP contribution in [0.3, 0.4) is 0 Å². The van der Waals surface area contributed by atoms with Gasteiger partial charge in [-0.1, -0.05) is 23.4 Å². The molecule has 2 aliphatic rings. The van der Waals surface area contributed by atoms with Gasteiger partial charge >= 0.3 is 0 Å². The first kappa shape index (κ1) is 18.3. The highest BCUT2D eigenvalue weighted by Crippen LogP contribution is 2.56. The van der Waals surface area contributed by atoms with Crippen molar-refractivity contribution in [3.8, 4) is 0 Å². The van der Waals surface area contributed by atoms with Gasteiger partial charge in [-0.3, -0.25) is 14.3 Å². The molecule has 10 nitrogen and oxygen atoms in total. The largest absolute Gasteiger partial charge is 0.346 e. The Morgan fingerprint density at radius 2 is 2.03 bits per heavy atom. The van der Waals surface area contributed by atoms with Crippen LogP contribution in [0.5, 0.6) is 0 Å². The van der Waals surface area contributed by atoms with Crippen LogP contribution in [-0.2, 0) is 13.6 Å².